The molecular weight excluding hydrogens is 373 g/mol. The van der Waals surface area contributed by atoms with Crippen LogP contribution in [0.1, 0.15) is 5.56 Å². The molecule has 0 atom stereocenters. The van der Waals surface area contributed by atoms with Gasteiger partial charge >= 0.3 is 6.18 Å². The second-order valence-electron chi connectivity index (χ2n) is 4.13. The third-order valence-corrected chi connectivity index (χ3v) is 3.78. The molecule has 9 heteroatoms. The summed E-state index contributed by atoms with van der Waals surface area (Å²) in [6.07, 6.45) is -1.48. The van der Waals surface area contributed by atoms with Gasteiger partial charge in [-0.25, -0.2) is 4.98 Å². The highest BCUT2D eigenvalue weighted by Crippen LogP contribution is 2.35. The lowest BCUT2D eigenvalue weighted by molar-refractivity contribution is -0.137. The maximum atomic E-state index is 12.8. The van der Waals surface area contributed by atoms with Crippen molar-refractivity contribution in [3.8, 4) is 11.4 Å². The van der Waals surface area contributed by atoms with Crippen LogP contribution in [-0.4, -0.2) is 19.6 Å². The van der Waals surface area contributed by atoms with E-state index in [2.05, 4.69) is 31.1 Å². The molecule has 2 aromatic heterocycles. The summed E-state index contributed by atoms with van der Waals surface area (Å²) in [5, 5.41) is 7.87. The molecule has 0 saturated heterocycles. The first-order valence-electron chi connectivity index (χ1n) is 5.60. The second-order valence-corrected chi connectivity index (χ2v) is 5.34. The molecule has 0 spiro atoms. The summed E-state index contributed by atoms with van der Waals surface area (Å²) in [6, 6.07) is 3.32. The van der Waals surface area contributed by atoms with Crippen LogP contribution in [0.4, 0.5) is 13.2 Å². The highest BCUT2D eigenvalue weighted by molar-refractivity contribution is 9.10. The van der Waals surface area contributed by atoms with Crippen LogP contribution in [0.2, 0.25) is 5.15 Å². The molecule has 3 aromatic rings. The standard InChI is InChI=1S/C12H5BrClF3N4/c13-8-2-1-6(12(15,16)17)5-7(8)10-19-20-11-9(14)18-3-4-21(10)11/h1-5H. The Morgan fingerprint density at radius 3 is 2.67 bits per heavy atom. The quantitative estimate of drug-likeness (QED) is 0.637. The van der Waals surface area contributed by atoms with Crippen molar-refractivity contribution in [1.82, 2.24) is 19.6 Å². The van der Waals surface area contributed by atoms with Crippen LogP contribution in [0.25, 0.3) is 17.0 Å². The largest absolute Gasteiger partial charge is 0.416 e. The molecule has 2 heterocycles. The average Bonchev–Trinajstić information content (AvgIpc) is 2.83. The zero-order valence-electron chi connectivity index (χ0n) is 10.1. The number of aromatic nitrogens is 4. The van der Waals surface area contributed by atoms with Crippen molar-refractivity contribution in [3.63, 3.8) is 0 Å². The molecule has 4 nitrogen and oxygen atoms in total. The van der Waals surface area contributed by atoms with Crippen molar-refractivity contribution in [3.05, 3.63) is 45.8 Å². The first-order valence-corrected chi connectivity index (χ1v) is 6.77. The zero-order chi connectivity index (χ0) is 15.2. The van der Waals surface area contributed by atoms with Gasteiger partial charge in [-0.3, -0.25) is 4.40 Å². The Balaban J connectivity index is 2.26. The summed E-state index contributed by atoms with van der Waals surface area (Å²) < 4.78 is 40.4. The van der Waals surface area contributed by atoms with E-state index in [1.165, 1.54) is 22.9 Å². The van der Waals surface area contributed by atoms with Gasteiger partial charge in [-0.1, -0.05) is 27.5 Å². The Morgan fingerprint density at radius 2 is 1.95 bits per heavy atom. The van der Waals surface area contributed by atoms with Crippen LogP contribution in [0.5, 0.6) is 0 Å². The molecule has 0 fully saturated rings. The molecule has 0 radical (unpaired) electrons. The molecule has 0 aliphatic heterocycles. The minimum absolute atomic E-state index is 0.124. The van der Waals surface area contributed by atoms with E-state index < -0.39 is 11.7 Å². The average molecular weight is 378 g/mol. The highest BCUT2D eigenvalue weighted by atomic mass is 79.9. The topological polar surface area (TPSA) is 43.1 Å². The summed E-state index contributed by atoms with van der Waals surface area (Å²) in [5.41, 5.74) is -0.226. The van der Waals surface area contributed by atoms with Crippen LogP contribution in [0.15, 0.2) is 35.1 Å². The molecule has 21 heavy (non-hydrogen) atoms. The van der Waals surface area contributed by atoms with Gasteiger partial charge in [0.25, 0.3) is 0 Å². The van der Waals surface area contributed by atoms with Crippen molar-refractivity contribution < 1.29 is 13.2 Å². The zero-order valence-corrected chi connectivity index (χ0v) is 12.4. The van der Waals surface area contributed by atoms with Crippen molar-refractivity contribution in [2.75, 3.05) is 0 Å². The van der Waals surface area contributed by atoms with E-state index in [0.29, 0.717) is 4.47 Å². The highest BCUT2D eigenvalue weighted by Gasteiger charge is 2.31. The number of benzene rings is 1. The molecule has 0 aliphatic carbocycles. The lowest BCUT2D eigenvalue weighted by Gasteiger charge is -2.09. The van der Waals surface area contributed by atoms with E-state index in [4.69, 9.17) is 11.6 Å². The van der Waals surface area contributed by atoms with Gasteiger partial charge in [-0.2, -0.15) is 13.2 Å². The Kier molecular flexibility index (Phi) is 3.37. The molecule has 108 valence electrons. The van der Waals surface area contributed by atoms with Crippen molar-refractivity contribution in [2.24, 2.45) is 0 Å². The number of hydrogen-bond donors (Lipinski definition) is 0. The summed E-state index contributed by atoms with van der Waals surface area (Å²) in [6.45, 7) is 0. The van der Waals surface area contributed by atoms with E-state index in [-0.39, 0.29) is 22.2 Å². The number of alkyl halides is 3. The number of nitrogens with zero attached hydrogens (tertiary/aromatic N) is 4. The van der Waals surface area contributed by atoms with E-state index >= 15 is 0 Å². The van der Waals surface area contributed by atoms with E-state index in [9.17, 15) is 13.2 Å². The van der Waals surface area contributed by atoms with E-state index in [1.807, 2.05) is 0 Å². The number of fused-ring (bicyclic) bond motifs is 1. The van der Waals surface area contributed by atoms with Gasteiger partial charge in [0, 0.05) is 22.4 Å². The minimum Gasteiger partial charge on any atom is -0.278 e. The van der Waals surface area contributed by atoms with Crippen LogP contribution >= 0.6 is 27.5 Å². The second kappa shape index (κ2) is 4.96. The SMILES string of the molecule is FC(F)(F)c1ccc(Br)c(-c2nnc3c(Cl)nccn23)c1. The third kappa shape index (κ3) is 2.49. The van der Waals surface area contributed by atoms with Crippen molar-refractivity contribution in [2.45, 2.75) is 6.18 Å². The first-order chi connectivity index (χ1) is 9.88. The number of hydrogen-bond acceptors (Lipinski definition) is 3. The lowest BCUT2D eigenvalue weighted by atomic mass is 10.1. The molecule has 0 unspecified atom stereocenters. The maximum Gasteiger partial charge on any atom is 0.416 e. The van der Waals surface area contributed by atoms with Gasteiger partial charge in [0.05, 0.1) is 5.56 Å². The maximum absolute atomic E-state index is 12.8. The predicted octanol–water partition coefficient (Wildman–Crippen LogP) is 4.23. The van der Waals surface area contributed by atoms with Gasteiger partial charge in [0.1, 0.15) is 0 Å². The molecule has 0 amide bonds. The fraction of sp³-hybridized carbons (Fsp3) is 0.0833. The van der Waals surface area contributed by atoms with Gasteiger partial charge in [0.2, 0.25) is 0 Å². The van der Waals surface area contributed by atoms with Gasteiger partial charge < -0.3 is 0 Å². The monoisotopic (exact) mass is 376 g/mol. The fourth-order valence-corrected chi connectivity index (χ4v) is 2.46. The Labute approximate surface area is 129 Å². The van der Waals surface area contributed by atoms with Gasteiger partial charge in [-0.15, -0.1) is 10.2 Å². The van der Waals surface area contributed by atoms with E-state index in [0.717, 1.165) is 12.1 Å². The number of halogens is 5. The van der Waals surface area contributed by atoms with Crippen molar-refractivity contribution >= 4 is 33.2 Å². The van der Waals surface area contributed by atoms with Crippen LogP contribution in [-0.2, 0) is 6.18 Å². The molecule has 0 bridgehead atoms. The predicted molar refractivity (Wildman–Crippen MR) is 73.9 cm³/mol. The number of rotatable bonds is 1. The smallest absolute Gasteiger partial charge is 0.278 e. The molecular formula is C12H5BrClF3N4. The fourth-order valence-electron chi connectivity index (χ4n) is 1.85. The molecule has 0 saturated carbocycles. The van der Waals surface area contributed by atoms with Crippen LogP contribution < -0.4 is 0 Å². The van der Waals surface area contributed by atoms with Crippen molar-refractivity contribution in [1.29, 1.82) is 0 Å². The summed E-state index contributed by atoms with van der Waals surface area (Å²) in [5.74, 6) is 0.243. The van der Waals surface area contributed by atoms with Crippen LogP contribution in [0, 0.1) is 0 Å². The van der Waals surface area contributed by atoms with E-state index in [1.54, 1.807) is 0 Å². The molecule has 0 aliphatic rings. The third-order valence-electron chi connectivity index (χ3n) is 2.82. The Hall–Kier alpha value is -1.67. The summed E-state index contributed by atoms with van der Waals surface area (Å²) >= 11 is 9.10. The first kappa shape index (κ1) is 14.3. The molecule has 0 N–H and O–H groups in total. The molecule has 1 aromatic carbocycles. The van der Waals surface area contributed by atoms with Gasteiger partial charge in [-0.05, 0) is 18.2 Å². The summed E-state index contributed by atoms with van der Waals surface area (Å²) in [4.78, 5) is 3.84. The minimum atomic E-state index is -4.44. The Morgan fingerprint density at radius 1 is 1.19 bits per heavy atom. The lowest BCUT2D eigenvalue weighted by Crippen LogP contribution is -2.05. The summed E-state index contributed by atoms with van der Waals surface area (Å²) in [7, 11) is 0. The molecule has 3 rings (SSSR count). The Bertz CT molecular complexity index is 831. The van der Waals surface area contributed by atoms with Gasteiger partial charge in [0.15, 0.2) is 16.6 Å². The van der Waals surface area contributed by atoms with Crippen LogP contribution in [0.3, 0.4) is 0 Å². The normalized spacial score (nSPS) is 12.0.